The van der Waals surface area contributed by atoms with Crippen LogP contribution in [0.1, 0.15) is 41.0 Å². The van der Waals surface area contributed by atoms with E-state index in [1.54, 1.807) is 13.8 Å². The average Bonchev–Trinajstić information content (AvgIpc) is 2.34. The maximum Gasteiger partial charge on any atom is 0.320 e. The van der Waals surface area contributed by atoms with E-state index in [-0.39, 0.29) is 11.0 Å². The minimum atomic E-state index is -2.04. The van der Waals surface area contributed by atoms with Gasteiger partial charge in [0.2, 0.25) is 8.32 Å². The molecule has 0 radical (unpaired) electrons. The molecule has 0 fully saturated rings. The molecule has 0 saturated heterocycles. The highest BCUT2D eigenvalue weighted by Crippen LogP contribution is 2.42. The predicted octanol–water partition coefficient (Wildman–Crippen LogP) is 4.88. The summed E-state index contributed by atoms with van der Waals surface area (Å²) in [6.07, 6.45) is 0.349. The summed E-state index contributed by atoms with van der Waals surface area (Å²) in [6.45, 7) is 18.7. The normalized spacial score (nSPS) is 14.5. The van der Waals surface area contributed by atoms with Crippen molar-refractivity contribution in [3.8, 4) is 9.85 Å². The number of hydrogen-bond acceptors (Lipinski definition) is 3. The van der Waals surface area contributed by atoms with Crippen molar-refractivity contribution in [3.63, 3.8) is 0 Å². The topological polar surface area (TPSA) is 35.5 Å². The van der Waals surface area contributed by atoms with E-state index in [0.717, 1.165) is 0 Å². The maximum absolute atomic E-state index is 12.3. The summed E-state index contributed by atoms with van der Waals surface area (Å²) in [6, 6.07) is 0. The first-order chi connectivity index (χ1) is 9.42. The Balaban J connectivity index is 5.39. The second-order valence-electron chi connectivity index (χ2n) is 6.79. The number of hydrogen-bond donors (Lipinski definition) is 0. The minimum Gasteiger partial charge on any atom is -0.546 e. The molecule has 0 aromatic rings. The van der Waals surface area contributed by atoms with Crippen molar-refractivity contribution in [1.29, 1.82) is 0 Å². The van der Waals surface area contributed by atoms with Gasteiger partial charge in [-0.1, -0.05) is 33.3 Å². The van der Waals surface area contributed by atoms with Crippen LogP contribution in [0.2, 0.25) is 18.1 Å². The van der Waals surface area contributed by atoms with Crippen LogP contribution in [0.25, 0.3) is 0 Å². The van der Waals surface area contributed by atoms with Crippen LogP contribution in [0.4, 0.5) is 0 Å². The van der Waals surface area contributed by atoms with E-state index in [9.17, 15) is 4.79 Å². The molecule has 5 heteroatoms. The van der Waals surface area contributed by atoms with Gasteiger partial charge in [0.1, 0.15) is 5.41 Å². The van der Waals surface area contributed by atoms with Gasteiger partial charge in [0, 0.05) is 29.0 Å². The van der Waals surface area contributed by atoms with E-state index in [1.165, 1.54) is 0 Å². The van der Waals surface area contributed by atoms with Crippen LogP contribution in [0.15, 0.2) is 12.3 Å². The van der Waals surface area contributed by atoms with E-state index in [1.807, 2.05) is 22.6 Å². The standard InChI is InChI=1S/C16H27IO3Si/c1-9-19-14(18)16(6,11-10-12-17)13(2)20-21(7,8)15(3,4)5/h2,9,11H2,1,3-8H3. The highest BCUT2D eigenvalue weighted by atomic mass is 127. The third-order valence-electron chi connectivity index (χ3n) is 4.03. The highest BCUT2D eigenvalue weighted by Gasteiger charge is 2.45. The molecular formula is C16H27IO3Si. The van der Waals surface area contributed by atoms with Crippen LogP contribution in [-0.2, 0) is 14.0 Å². The first-order valence-corrected chi connectivity index (χ1v) is 11.0. The van der Waals surface area contributed by atoms with Crippen LogP contribution in [0.5, 0.6) is 0 Å². The Morgan fingerprint density at radius 2 is 1.81 bits per heavy atom. The predicted molar refractivity (Wildman–Crippen MR) is 98.6 cm³/mol. The fraction of sp³-hybridized carbons (Fsp3) is 0.688. The first-order valence-electron chi connectivity index (χ1n) is 7.06. The molecule has 21 heavy (non-hydrogen) atoms. The molecule has 1 unspecified atom stereocenters. The van der Waals surface area contributed by atoms with E-state index in [0.29, 0.717) is 18.8 Å². The van der Waals surface area contributed by atoms with Crippen molar-refractivity contribution < 1.29 is 14.0 Å². The quantitative estimate of drug-likeness (QED) is 0.201. The van der Waals surface area contributed by atoms with Gasteiger partial charge in [0.15, 0.2) is 0 Å². The molecule has 0 aliphatic carbocycles. The second-order valence-corrected chi connectivity index (χ2v) is 12.1. The lowest BCUT2D eigenvalue weighted by molar-refractivity contribution is -0.153. The van der Waals surface area contributed by atoms with E-state index >= 15 is 0 Å². The lowest BCUT2D eigenvalue weighted by atomic mass is 9.85. The second kappa shape index (κ2) is 7.68. The van der Waals surface area contributed by atoms with Crippen LogP contribution in [-0.4, -0.2) is 20.9 Å². The Morgan fingerprint density at radius 1 is 1.29 bits per heavy atom. The molecule has 1 atom stereocenters. The van der Waals surface area contributed by atoms with Gasteiger partial charge in [0.25, 0.3) is 0 Å². The van der Waals surface area contributed by atoms with Gasteiger partial charge >= 0.3 is 5.97 Å². The summed E-state index contributed by atoms with van der Waals surface area (Å²) < 4.78 is 14.2. The molecule has 0 aliphatic rings. The van der Waals surface area contributed by atoms with Gasteiger partial charge in [-0.05, 0) is 35.9 Å². The van der Waals surface area contributed by atoms with Gasteiger partial charge in [-0.15, -0.1) is 0 Å². The van der Waals surface area contributed by atoms with Gasteiger partial charge in [-0.25, -0.2) is 0 Å². The summed E-state index contributed by atoms with van der Waals surface area (Å²) >= 11 is 1.96. The monoisotopic (exact) mass is 422 g/mol. The summed E-state index contributed by atoms with van der Waals surface area (Å²) in [4.78, 5) is 12.3. The van der Waals surface area contributed by atoms with Crippen molar-refractivity contribution in [3.05, 3.63) is 12.3 Å². The molecule has 3 nitrogen and oxygen atoms in total. The minimum absolute atomic E-state index is 0.0421. The van der Waals surface area contributed by atoms with Crippen LogP contribution in [0, 0.1) is 15.3 Å². The lowest BCUT2D eigenvalue weighted by Crippen LogP contribution is -2.44. The number of halogens is 1. The molecule has 120 valence electrons. The molecule has 0 amide bonds. The molecule has 0 N–H and O–H groups in total. The van der Waals surface area contributed by atoms with Gasteiger partial charge in [-0.3, -0.25) is 4.79 Å². The van der Waals surface area contributed by atoms with Gasteiger partial charge < -0.3 is 9.16 Å². The molecule has 0 rings (SSSR count). The fourth-order valence-electron chi connectivity index (χ4n) is 1.36. The Labute approximate surface area is 144 Å². The van der Waals surface area contributed by atoms with Crippen LogP contribution >= 0.6 is 22.6 Å². The summed E-state index contributed by atoms with van der Waals surface area (Å²) in [5.41, 5.74) is -0.927. The fourth-order valence-corrected chi connectivity index (χ4v) is 2.70. The smallest absolute Gasteiger partial charge is 0.320 e. The lowest BCUT2D eigenvalue weighted by Gasteiger charge is -2.40. The van der Waals surface area contributed by atoms with Gasteiger partial charge in [0.05, 0.1) is 12.4 Å². The number of rotatable bonds is 6. The Hall–Kier alpha value is -0.483. The molecule has 0 spiro atoms. The summed E-state index contributed by atoms with van der Waals surface area (Å²) in [5, 5.41) is 0.0421. The molecule has 0 bridgehead atoms. The number of ether oxygens (including phenoxy) is 1. The molecular weight excluding hydrogens is 395 g/mol. The van der Waals surface area contributed by atoms with Crippen molar-refractivity contribution in [1.82, 2.24) is 0 Å². The number of carbonyl (C=O) groups excluding carboxylic acids is 1. The van der Waals surface area contributed by atoms with Crippen LogP contribution < -0.4 is 0 Å². The molecule has 0 heterocycles. The maximum atomic E-state index is 12.3. The Kier molecular flexibility index (Phi) is 7.50. The largest absolute Gasteiger partial charge is 0.546 e. The zero-order valence-electron chi connectivity index (χ0n) is 14.2. The van der Waals surface area contributed by atoms with E-state index in [4.69, 9.17) is 9.16 Å². The van der Waals surface area contributed by atoms with E-state index < -0.39 is 13.7 Å². The molecule has 0 saturated carbocycles. The van der Waals surface area contributed by atoms with Gasteiger partial charge in [-0.2, -0.15) is 0 Å². The first kappa shape index (κ1) is 20.5. The SMILES string of the molecule is C=C(O[Si](C)(C)C(C)(C)C)C(C)(CC#CI)C(=O)OCC. The highest BCUT2D eigenvalue weighted by molar-refractivity contribution is 14.1. The van der Waals surface area contributed by atoms with Crippen molar-refractivity contribution in [2.75, 3.05) is 6.61 Å². The molecule has 0 aromatic carbocycles. The van der Waals surface area contributed by atoms with Crippen LogP contribution in [0.3, 0.4) is 0 Å². The number of carbonyl (C=O) groups is 1. The molecule has 0 aromatic heterocycles. The Bertz CT molecular complexity index is 454. The zero-order valence-corrected chi connectivity index (χ0v) is 17.4. The van der Waals surface area contributed by atoms with Crippen molar-refractivity contribution in [2.24, 2.45) is 5.41 Å². The zero-order chi connectivity index (χ0) is 16.9. The average molecular weight is 422 g/mol. The third-order valence-corrected chi connectivity index (χ3v) is 8.79. The summed E-state index contributed by atoms with van der Waals surface area (Å²) in [7, 11) is -2.04. The van der Waals surface area contributed by atoms with Crippen molar-refractivity contribution >= 4 is 36.9 Å². The third kappa shape index (κ3) is 5.33. The van der Waals surface area contributed by atoms with E-state index in [2.05, 4.69) is 50.3 Å². The Morgan fingerprint density at radius 3 is 2.19 bits per heavy atom. The van der Waals surface area contributed by atoms with Crippen molar-refractivity contribution in [2.45, 2.75) is 59.2 Å². The summed E-state index contributed by atoms with van der Waals surface area (Å²) in [5.74, 6) is 3.08. The number of esters is 1. The molecule has 0 aliphatic heterocycles.